The molecule has 324 valence electrons. The van der Waals surface area contributed by atoms with Crippen LogP contribution in [0.15, 0.2) is 29.0 Å². The van der Waals surface area contributed by atoms with E-state index in [1.807, 2.05) is 32.0 Å². The predicted octanol–water partition coefficient (Wildman–Crippen LogP) is 4.79. The van der Waals surface area contributed by atoms with Gasteiger partial charge in [-0.3, -0.25) is 14.4 Å². The summed E-state index contributed by atoms with van der Waals surface area (Å²) in [5, 5.41) is 17.5. The number of nitrogens with one attached hydrogen (secondary N) is 2. The molecule has 58 heavy (non-hydrogen) atoms. The molecule has 16 nitrogen and oxygen atoms in total. The molecule has 0 aliphatic carbocycles. The van der Waals surface area contributed by atoms with Crippen molar-refractivity contribution < 1.29 is 57.5 Å². The average Bonchev–Trinajstić information content (AvgIpc) is 3.47. The highest BCUT2D eigenvalue weighted by Gasteiger charge is 2.58. The van der Waals surface area contributed by atoms with Gasteiger partial charge in [0.2, 0.25) is 0 Å². The number of nitrogens with zero attached hydrogens (tertiary/aromatic N) is 2. The number of ether oxygens (including phenoxy) is 6. The Balaban J connectivity index is 1.81. The molecule has 1 aromatic heterocycles. The molecule has 3 N–H and O–H groups in total. The third-order valence-electron chi connectivity index (χ3n) is 11.7. The summed E-state index contributed by atoms with van der Waals surface area (Å²) in [4.78, 5) is 73.6. The number of pyridine rings is 1. The molecule has 14 atom stereocenters. The van der Waals surface area contributed by atoms with Crippen molar-refractivity contribution in [2.75, 3.05) is 20.6 Å². The maximum absolute atomic E-state index is 14.5. The van der Waals surface area contributed by atoms with Gasteiger partial charge in [-0.15, -0.1) is 0 Å². The maximum Gasteiger partial charge on any atom is 0.408 e. The van der Waals surface area contributed by atoms with Crippen LogP contribution in [-0.4, -0.2) is 126 Å². The van der Waals surface area contributed by atoms with Crippen LogP contribution in [0.25, 0.3) is 6.08 Å². The second-order valence-corrected chi connectivity index (χ2v) is 17.4. The number of aliphatic hydroxyl groups excluding tert-OH is 1. The van der Waals surface area contributed by atoms with Gasteiger partial charge in [-0.05, 0) is 88.6 Å². The largest absolute Gasteiger partial charge is 0.458 e. The zero-order valence-electron chi connectivity index (χ0n) is 35.4. The lowest BCUT2D eigenvalue weighted by molar-refractivity contribution is -0.300. The van der Waals surface area contributed by atoms with Crippen LogP contribution in [0.4, 0.5) is 9.59 Å². The van der Waals surface area contributed by atoms with Crippen molar-refractivity contribution in [3.63, 3.8) is 0 Å². The number of carbonyl (C=O) groups excluding carboxylic acids is 5. The lowest BCUT2D eigenvalue weighted by atomic mass is 9.73. The molecule has 2 amide bonds. The number of fused-ring (bicyclic) bond motifs is 1. The number of rotatable bonds is 9. The number of aromatic nitrogens is 1. The first-order chi connectivity index (χ1) is 27.1. The van der Waals surface area contributed by atoms with Crippen molar-refractivity contribution >= 4 is 51.9 Å². The Labute approximate surface area is 349 Å². The van der Waals surface area contributed by atoms with Crippen molar-refractivity contribution in [2.45, 2.75) is 142 Å². The minimum absolute atomic E-state index is 0.0594. The molecule has 0 saturated carbocycles. The number of ketones is 1. The van der Waals surface area contributed by atoms with Crippen molar-refractivity contribution in [3.05, 3.63) is 34.6 Å². The molecule has 3 aliphatic heterocycles. The molecule has 17 heteroatoms. The Morgan fingerprint density at radius 2 is 1.81 bits per heavy atom. The first-order valence-corrected chi connectivity index (χ1v) is 20.7. The molecule has 1 aromatic rings. The van der Waals surface area contributed by atoms with E-state index >= 15 is 0 Å². The Kier molecular flexibility index (Phi) is 15.9. The van der Waals surface area contributed by atoms with Crippen LogP contribution in [-0.2, 0) is 42.8 Å². The summed E-state index contributed by atoms with van der Waals surface area (Å²) in [7, 11) is 3.69. The fourth-order valence-corrected chi connectivity index (χ4v) is 8.85. The zero-order valence-corrected chi connectivity index (χ0v) is 36.9. The Hall–Kier alpha value is -3.64. The summed E-state index contributed by atoms with van der Waals surface area (Å²) >= 11 is 3.31. The van der Waals surface area contributed by atoms with E-state index < -0.39 is 95.7 Å². The van der Waals surface area contributed by atoms with Crippen molar-refractivity contribution in [2.24, 2.45) is 23.7 Å². The second-order valence-electron chi connectivity index (χ2n) is 16.6. The van der Waals surface area contributed by atoms with Gasteiger partial charge in [0, 0.05) is 37.4 Å². The van der Waals surface area contributed by atoms with Gasteiger partial charge in [-0.2, -0.15) is 0 Å². The Bertz CT molecular complexity index is 1660. The molecule has 0 radical (unpaired) electrons. The van der Waals surface area contributed by atoms with Gasteiger partial charge >= 0.3 is 24.1 Å². The van der Waals surface area contributed by atoms with Gasteiger partial charge in [0.05, 0.1) is 30.2 Å². The molecular weight excluding hydrogens is 820 g/mol. The number of carbonyl (C=O) groups is 5. The van der Waals surface area contributed by atoms with Crippen LogP contribution < -0.4 is 10.6 Å². The van der Waals surface area contributed by atoms with Crippen molar-refractivity contribution in [1.82, 2.24) is 20.5 Å². The minimum Gasteiger partial charge on any atom is -0.458 e. The normalized spacial score (nSPS) is 37.6. The third-order valence-corrected chi connectivity index (χ3v) is 12.2. The van der Waals surface area contributed by atoms with Gasteiger partial charge in [0.25, 0.3) is 0 Å². The van der Waals surface area contributed by atoms with Crippen molar-refractivity contribution in [1.29, 1.82) is 0 Å². The first kappa shape index (κ1) is 47.0. The van der Waals surface area contributed by atoms with E-state index in [-0.39, 0.29) is 37.3 Å². The highest BCUT2D eigenvalue weighted by molar-refractivity contribution is 9.10. The zero-order chi connectivity index (χ0) is 43.3. The molecule has 0 unspecified atom stereocenters. The summed E-state index contributed by atoms with van der Waals surface area (Å²) in [6.45, 7) is 14.7. The minimum atomic E-state index is -1.71. The number of esters is 2. The molecule has 4 heterocycles. The SMILES string of the molecule is CC[C@H]1OC(=O)[C@H](C)[C@@H](O)[C@H](C)[C@@H](O[C@@H]2O[C@H](C)C[C@H](N(C)C)[C@H]2OC(C)=O)[C@](C)(OC(=O)NC/C=C/c2ccc(Br)nc2)C[C@@H](C)C(=O)[C@H](C)[C@H]2NC(=O)O[C@@]21C. The van der Waals surface area contributed by atoms with E-state index in [2.05, 4.69) is 31.5 Å². The lowest BCUT2D eigenvalue weighted by Crippen LogP contribution is -2.61. The van der Waals surface area contributed by atoms with Crippen LogP contribution in [0.1, 0.15) is 87.1 Å². The smallest absolute Gasteiger partial charge is 0.408 e. The van der Waals surface area contributed by atoms with Crippen LogP contribution in [0.3, 0.4) is 0 Å². The quantitative estimate of drug-likeness (QED) is 0.174. The molecule has 3 fully saturated rings. The average molecular weight is 882 g/mol. The summed E-state index contributed by atoms with van der Waals surface area (Å²) in [6.07, 6.45) is -2.12. The number of Topliss-reactive ketones (excluding diaryl/α,β-unsaturated/α-hetero) is 1. The number of halogens is 1. The molecule has 0 spiro atoms. The molecule has 4 rings (SSSR count). The van der Waals surface area contributed by atoms with Crippen molar-refractivity contribution in [3.8, 4) is 0 Å². The van der Waals surface area contributed by atoms with Gasteiger partial charge in [-0.25, -0.2) is 14.6 Å². The van der Waals surface area contributed by atoms with E-state index in [4.69, 9.17) is 28.4 Å². The lowest BCUT2D eigenvalue weighted by Gasteiger charge is -2.48. The topological polar surface area (TPSA) is 201 Å². The molecular formula is C41H61BrN4O12. The molecule has 0 aromatic carbocycles. The van der Waals surface area contributed by atoms with E-state index in [0.717, 1.165) is 5.56 Å². The number of hydrogen-bond acceptors (Lipinski definition) is 14. The number of amides is 2. The fourth-order valence-electron chi connectivity index (χ4n) is 8.61. The summed E-state index contributed by atoms with van der Waals surface area (Å²) in [6, 6.07) is 2.39. The van der Waals surface area contributed by atoms with Crippen LogP contribution in [0, 0.1) is 23.7 Å². The monoisotopic (exact) mass is 880 g/mol. The van der Waals surface area contributed by atoms with Crippen LogP contribution in [0.5, 0.6) is 0 Å². The molecule has 3 saturated heterocycles. The van der Waals surface area contributed by atoms with Gasteiger partial charge in [0.15, 0.2) is 18.0 Å². The molecule has 3 aliphatic rings. The van der Waals surface area contributed by atoms with Gasteiger partial charge < -0.3 is 49.1 Å². The Morgan fingerprint density at radius 3 is 2.41 bits per heavy atom. The third kappa shape index (κ3) is 10.9. The van der Waals surface area contributed by atoms with E-state index in [1.165, 1.54) is 13.8 Å². The maximum atomic E-state index is 14.5. The second kappa shape index (κ2) is 19.6. The van der Waals surface area contributed by atoms with E-state index in [0.29, 0.717) is 11.0 Å². The summed E-state index contributed by atoms with van der Waals surface area (Å²) in [5.74, 6) is -5.49. The highest BCUT2D eigenvalue weighted by Crippen LogP contribution is 2.41. The number of hydrogen-bond donors (Lipinski definition) is 3. The number of likely N-dealkylation sites (N-methyl/N-ethyl adjacent to an activating group) is 1. The summed E-state index contributed by atoms with van der Waals surface area (Å²) in [5.41, 5.74) is -2.34. The predicted molar refractivity (Wildman–Crippen MR) is 215 cm³/mol. The number of aliphatic hydroxyl groups is 1. The first-order valence-electron chi connectivity index (χ1n) is 19.9. The van der Waals surface area contributed by atoms with Gasteiger partial charge in [0.1, 0.15) is 28.2 Å². The van der Waals surface area contributed by atoms with Crippen LogP contribution in [0.2, 0.25) is 0 Å². The number of cyclic esters (lactones) is 1. The summed E-state index contributed by atoms with van der Waals surface area (Å²) < 4.78 is 37.7. The van der Waals surface area contributed by atoms with E-state index in [9.17, 15) is 29.1 Å². The highest BCUT2D eigenvalue weighted by atomic mass is 79.9. The fraction of sp³-hybridized carbons (Fsp3) is 0.707. The molecule has 0 bridgehead atoms. The van der Waals surface area contributed by atoms with Crippen LogP contribution >= 0.6 is 15.9 Å². The Morgan fingerprint density at radius 1 is 1.12 bits per heavy atom. The van der Waals surface area contributed by atoms with Gasteiger partial charge in [-0.1, -0.05) is 45.9 Å². The standard InChI is InChI=1S/C41H61BrN4O12/c1-12-29-41(9)34(45-39(52)58-41)23(4)31(48)21(2)19-40(8,57-38(51)43-17-13-14-27-15-16-30(42)44-20-27)35(24(5)32(49)25(6)36(50)55-29)56-37-33(54-26(7)47)28(46(10)11)18-22(3)53-37/h13-16,20-25,28-29,32-35,37,49H,12,17-19H2,1-11H3,(H,43,51)(H,45,52)/b14-13+/t21-,22-,23+,24+,25-,28+,29-,32+,33-,34-,35-,37+,40-,41-/m1/s1. The van der Waals surface area contributed by atoms with E-state index in [1.54, 1.807) is 66.0 Å². The number of alkyl carbamates (subject to hydrolysis) is 2.